The van der Waals surface area contributed by atoms with Crippen LogP contribution in [-0.2, 0) is 0 Å². The molecule has 0 aliphatic heterocycles. The molecule has 0 saturated heterocycles. The van der Waals surface area contributed by atoms with Crippen LogP contribution in [0.1, 0.15) is 71.2 Å². The number of carboxylic acids is 1. The highest BCUT2D eigenvalue weighted by molar-refractivity contribution is 5.94. The topological polar surface area (TPSA) is 88.0 Å². The number of aryl methyl sites for hydroxylation is 1. The molecule has 2 aromatic carbocycles. The second-order valence-corrected chi connectivity index (χ2v) is 8.96. The van der Waals surface area contributed by atoms with Gasteiger partial charge in [0.1, 0.15) is 11.5 Å². The molecule has 0 amide bonds. The summed E-state index contributed by atoms with van der Waals surface area (Å²) in [6.07, 6.45) is 2.52. The number of aromatic nitrogens is 3. The van der Waals surface area contributed by atoms with Crippen LogP contribution in [0, 0.1) is 6.92 Å². The van der Waals surface area contributed by atoms with E-state index in [4.69, 9.17) is 0 Å². The highest BCUT2D eigenvalue weighted by atomic mass is 19.3. The summed E-state index contributed by atoms with van der Waals surface area (Å²) in [7, 11) is 0. The van der Waals surface area contributed by atoms with Gasteiger partial charge >= 0.3 is 5.97 Å². The number of nitrogens with zero attached hydrogens (tertiary/aromatic N) is 3. The standard InChI is InChI=1S/C27H24F2N4O2/c1-14-9-19(15(2)32-22-6-4-3-5-18(22)27(34)35)21-11-20(24(25(28)29)33-23(21)10-14)17-12-30-26(31-13-17)16-7-8-16/h3-6,9-13,15-16,25,32H,7-8H2,1-2H3,(H,34,35)/t15-/m0/s1. The van der Waals surface area contributed by atoms with Crippen molar-refractivity contribution in [1.82, 2.24) is 15.0 Å². The molecule has 35 heavy (non-hydrogen) atoms. The molecule has 2 heterocycles. The van der Waals surface area contributed by atoms with Crippen LogP contribution in [0.2, 0.25) is 0 Å². The molecule has 1 fully saturated rings. The average molecular weight is 475 g/mol. The van der Waals surface area contributed by atoms with Crippen LogP contribution < -0.4 is 5.32 Å². The van der Waals surface area contributed by atoms with Gasteiger partial charge in [-0.15, -0.1) is 0 Å². The van der Waals surface area contributed by atoms with E-state index in [0.717, 1.165) is 29.8 Å². The Morgan fingerprint density at radius 1 is 1.11 bits per heavy atom. The predicted octanol–water partition coefficient (Wildman–Crippen LogP) is 6.69. The molecular formula is C27H24F2N4O2. The summed E-state index contributed by atoms with van der Waals surface area (Å²) in [6.45, 7) is 3.78. The SMILES string of the molecule is Cc1cc([C@H](C)Nc2ccccc2C(=O)O)c2cc(-c3cnc(C4CC4)nc3)c(C(F)F)nc2c1. The van der Waals surface area contributed by atoms with Gasteiger partial charge in [0.2, 0.25) is 0 Å². The van der Waals surface area contributed by atoms with Crippen LogP contribution >= 0.6 is 0 Å². The largest absolute Gasteiger partial charge is 0.478 e. The van der Waals surface area contributed by atoms with Crippen LogP contribution in [0.15, 0.2) is 54.9 Å². The Bertz CT molecular complexity index is 1420. The third kappa shape index (κ3) is 4.56. The number of hydrogen-bond acceptors (Lipinski definition) is 5. The minimum Gasteiger partial charge on any atom is -0.478 e. The molecule has 1 atom stereocenters. The first-order valence-corrected chi connectivity index (χ1v) is 11.5. The molecule has 8 heteroatoms. The maximum absolute atomic E-state index is 14.1. The van der Waals surface area contributed by atoms with Crippen molar-refractivity contribution in [1.29, 1.82) is 0 Å². The second kappa shape index (κ2) is 9.02. The molecule has 6 nitrogen and oxygen atoms in total. The van der Waals surface area contributed by atoms with Gasteiger partial charge in [-0.25, -0.2) is 28.5 Å². The van der Waals surface area contributed by atoms with E-state index in [2.05, 4.69) is 20.3 Å². The van der Waals surface area contributed by atoms with Crippen LogP contribution in [-0.4, -0.2) is 26.0 Å². The maximum atomic E-state index is 14.1. The van der Waals surface area contributed by atoms with Crippen molar-refractivity contribution in [3.8, 4) is 11.1 Å². The smallest absolute Gasteiger partial charge is 0.337 e. The highest BCUT2D eigenvalue weighted by Crippen LogP contribution is 2.39. The molecule has 1 aliphatic rings. The Morgan fingerprint density at radius 3 is 2.49 bits per heavy atom. The number of nitrogens with one attached hydrogen (secondary N) is 1. The number of fused-ring (bicyclic) bond motifs is 1. The van der Waals surface area contributed by atoms with Crippen molar-refractivity contribution in [2.24, 2.45) is 0 Å². The Labute approximate surface area is 201 Å². The second-order valence-electron chi connectivity index (χ2n) is 8.96. The van der Waals surface area contributed by atoms with E-state index in [0.29, 0.717) is 28.1 Å². The highest BCUT2D eigenvalue weighted by Gasteiger charge is 2.27. The number of alkyl halides is 2. The lowest BCUT2D eigenvalue weighted by atomic mass is 9.95. The zero-order chi connectivity index (χ0) is 24.7. The van der Waals surface area contributed by atoms with Crippen LogP contribution in [0.25, 0.3) is 22.0 Å². The number of para-hydroxylation sites is 1. The molecule has 0 radical (unpaired) electrons. The summed E-state index contributed by atoms with van der Waals surface area (Å²) in [6, 6.07) is 11.8. The molecule has 1 aliphatic carbocycles. The van der Waals surface area contributed by atoms with Crippen LogP contribution in [0.3, 0.4) is 0 Å². The molecule has 4 aromatic rings. The molecule has 0 bridgehead atoms. The van der Waals surface area contributed by atoms with Gasteiger partial charge in [-0.2, -0.15) is 0 Å². The van der Waals surface area contributed by atoms with E-state index in [1.165, 1.54) is 6.07 Å². The quantitative estimate of drug-likeness (QED) is 0.310. The number of hydrogen-bond donors (Lipinski definition) is 2. The summed E-state index contributed by atoms with van der Waals surface area (Å²) < 4.78 is 28.1. The van der Waals surface area contributed by atoms with E-state index >= 15 is 0 Å². The number of rotatable bonds is 7. The normalized spacial score (nSPS) is 14.3. The van der Waals surface area contributed by atoms with Crippen molar-refractivity contribution in [3.63, 3.8) is 0 Å². The summed E-state index contributed by atoms with van der Waals surface area (Å²) >= 11 is 0. The van der Waals surface area contributed by atoms with Crippen molar-refractivity contribution in [3.05, 3.63) is 83.1 Å². The Kier molecular flexibility index (Phi) is 5.88. The molecule has 5 rings (SSSR count). The zero-order valence-corrected chi connectivity index (χ0v) is 19.3. The molecule has 0 unspecified atom stereocenters. The monoisotopic (exact) mass is 474 g/mol. The lowest BCUT2D eigenvalue weighted by Crippen LogP contribution is -2.11. The minimum atomic E-state index is -2.76. The van der Waals surface area contributed by atoms with E-state index in [1.807, 2.05) is 19.9 Å². The minimum absolute atomic E-state index is 0.156. The predicted molar refractivity (Wildman–Crippen MR) is 130 cm³/mol. The van der Waals surface area contributed by atoms with Gasteiger partial charge < -0.3 is 10.4 Å². The summed E-state index contributed by atoms with van der Waals surface area (Å²) in [5, 5.41) is 13.5. The number of carbonyl (C=O) groups is 1. The lowest BCUT2D eigenvalue weighted by molar-refractivity contribution is 0.0698. The van der Waals surface area contributed by atoms with E-state index in [-0.39, 0.29) is 22.9 Å². The number of halogens is 2. The third-order valence-electron chi connectivity index (χ3n) is 6.27. The fourth-order valence-corrected chi connectivity index (χ4v) is 4.36. The summed E-state index contributed by atoms with van der Waals surface area (Å²) in [5.41, 5.74) is 3.24. The van der Waals surface area contributed by atoms with Crippen molar-refractivity contribution < 1.29 is 18.7 Å². The van der Waals surface area contributed by atoms with Crippen molar-refractivity contribution >= 4 is 22.6 Å². The van der Waals surface area contributed by atoms with Gasteiger partial charge in [0.25, 0.3) is 6.43 Å². The average Bonchev–Trinajstić information content (AvgIpc) is 3.68. The zero-order valence-electron chi connectivity index (χ0n) is 19.3. The fourth-order valence-electron chi connectivity index (χ4n) is 4.36. The third-order valence-corrected chi connectivity index (χ3v) is 6.27. The van der Waals surface area contributed by atoms with Crippen molar-refractivity contribution in [2.45, 2.75) is 45.1 Å². The number of aromatic carboxylic acids is 1. The fraction of sp³-hybridized carbons (Fsp3) is 0.259. The van der Waals surface area contributed by atoms with Gasteiger partial charge in [-0.05, 0) is 62.1 Å². The van der Waals surface area contributed by atoms with Crippen LogP contribution in [0.5, 0.6) is 0 Å². The Balaban J connectivity index is 1.61. The number of carboxylic acid groups (broad SMARTS) is 1. The summed E-state index contributed by atoms with van der Waals surface area (Å²) in [4.78, 5) is 24.8. The van der Waals surface area contributed by atoms with Gasteiger partial charge in [0.15, 0.2) is 0 Å². The van der Waals surface area contributed by atoms with Crippen LogP contribution in [0.4, 0.5) is 14.5 Å². The van der Waals surface area contributed by atoms with Crippen molar-refractivity contribution in [2.75, 3.05) is 5.32 Å². The first kappa shape index (κ1) is 22.8. The summed E-state index contributed by atoms with van der Waals surface area (Å²) in [5.74, 6) is 0.0745. The lowest BCUT2D eigenvalue weighted by Gasteiger charge is -2.21. The molecular weight excluding hydrogens is 450 g/mol. The molecule has 178 valence electrons. The van der Waals surface area contributed by atoms with E-state index in [1.54, 1.807) is 42.7 Å². The van der Waals surface area contributed by atoms with Gasteiger partial charge in [-0.1, -0.05) is 18.2 Å². The first-order chi connectivity index (χ1) is 16.8. The van der Waals surface area contributed by atoms with Gasteiger partial charge in [0.05, 0.1) is 11.1 Å². The maximum Gasteiger partial charge on any atom is 0.337 e. The number of pyridine rings is 1. The first-order valence-electron chi connectivity index (χ1n) is 11.5. The Hall–Kier alpha value is -3.94. The van der Waals surface area contributed by atoms with E-state index in [9.17, 15) is 18.7 Å². The molecule has 2 N–H and O–H groups in total. The molecule has 1 saturated carbocycles. The number of anilines is 1. The molecule has 2 aromatic heterocycles. The molecule has 0 spiro atoms. The van der Waals surface area contributed by atoms with Gasteiger partial charge in [-0.3, -0.25) is 0 Å². The van der Waals surface area contributed by atoms with Gasteiger partial charge in [0, 0.05) is 46.6 Å². The number of benzene rings is 2. The Morgan fingerprint density at radius 2 is 1.83 bits per heavy atom. The van der Waals surface area contributed by atoms with E-state index < -0.39 is 12.4 Å².